The number of benzene rings is 6. The van der Waals surface area contributed by atoms with Gasteiger partial charge in [-0.25, -0.2) is 0 Å². The number of carbonyl (C=O) groups is 1. The van der Waals surface area contributed by atoms with Gasteiger partial charge in [0.1, 0.15) is 17.2 Å². The highest BCUT2D eigenvalue weighted by atomic mass is 28.4. The molecule has 11 heteroatoms. The lowest BCUT2D eigenvalue weighted by Gasteiger charge is -2.18. The SMILES string of the molecule is COc1c(C=O)cc(C)cc1COCc1cccc(COCc2cc(C)cc(COCc3cccc(COCc4cc(C)cc(COCc5cccc(CO[Si](C)(C)C)c5)c4OC)c3)c2OC)c1. The van der Waals surface area contributed by atoms with Gasteiger partial charge in [-0.15, -0.1) is 0 Å². The molecule has 0 aliphatic heterocycles. The first-order valence-corrected chi connectivity index (χ1v) is 26.5. The minimum absolute atomic E-state index is 0.324. The summed E-state index contributed by atoms with van der Waals surface area (Å²) in [4.78, 5) is 11.6. The summed E-state index contributed by atoms with van der Waals surface area (Å²) >= 11 is 0. The third kappa shape index (κ3) is 15.7. The van der Waals surface area contributed by atoms with E-state index in [9.17, 15) is 4.79 Å². The predicted molar refractivity (Wildman–Crippen MR) is 269 cm³/mol. The number of aryl methyl sites for hydroxylation is 3. The van der Waals surface area contributed by atoms with E-state index in [1.165, 1.54) is 0 Å². The number of hydrogen-bond acceptors (Lipinski definition) is 10. The largest absolute Gasteiger partial charge is 0.496 e. The van der Waals surface area contributed by atoms with Crippen LogP contribution in [0.15, 0.2) is 109 Å². The van der Waals surface area contributed by atoms with Gasteiger partial charge in [0.05, 0.1) is 99.6 Å². The summed E-state index contributed by atoms with van der Waals surface area (Å²) in [5, 5.41) is 0. The van der Waals surface area contributed by atoms with E-state index in [0.717, 1.165) is 95.7 Å². The summed E-state index contributed by atoms with van der Waals surface area (Å²) in [5.41, 5.74) is 14.9. The van der Waals surface area contributed by atoms with Crippen LogP contribution in [-0.4, -0.2) is 35.9 Å². The van der Waals surface area contributed by atoms with E-state index in [0.29, 0.717) is 84.0 Å². The van der Waals surface area contributed by atoms with Crippen LogP contribution in [0.5, 0.6) is 17.2 Å². The van der Waals surface area contributed by atoms with Crippen LogP contribution >= 0.6 is 0 Å². The molecule has 0 radical (unpaired) electrons. The summed E-state index contributed by atoms with van der Waals surface area (Å²) in [5.74, 6) is 2.10. The van der Waals surface area contributed by atoms with Crippen LogP contribution < -0.4 is 14.2 Å². The average Bonchev–Trinajstić information content (AvgIpc) is 3.31. The van der Waals surface area contributed by atoms with Crippen LogP contribution in [0, 0.1) is 20.8 Å². The lowest BCUT2D eigenvalue weighted by Crippen LogP contribution is -2.24. The van der Waals surface area contributed by atoms with Gasteiger partial charge in [-0.05, 0) is 85.4 Å². The molecule has 0 unspecified atom stereocenters. The minimum atomic E-state index is -1.60. The van der Waals surface area contributed by atoms with Gasteiger partial charge in [-0.2, -0.15) is 0 Å². The number of carbonyl (C=O) groups excluding carboxylic acids is 1. The Bertz CT molecular complexity index is 2580. The first kappa shape index (κ1) is 51.8. The van der Waals surface area contributed by atoms with Crippen molar-refractivity contribution in [1.82, 2.24) is 0 Å². The Hall–Kier alpha value is -5.63. The topological polar surface area (TPSA) is 100 Å². The number of methoxy groups -OCH3 is 3. The maximum atomic E-state index is 11.6. The molecule has 0 fully saturated rings. The number of ether oxygens (including phenoxy) is 8. The Labute approximate surface area is 404 Å². The van der Waals surface area contributed by atoms with Gasteiger partial charge >= 0.3 is 0 Å². The summed E-state index contributed by atoms with van der Waals surface area (Å²) in [7, 11) is 3.35. The Morgan fingerprint density at radius 2 is 0.662 bits per heavy atom. The van der Waals surface area contributed by atoms with Gasteiger partial charge in [-0.3, -0.25) is 4.79 Å². The second-order valence-electron chi connectivity index (χ2n) is 18.2. The van der Waals surface area contributed by atoms with Gasteiger partial charge in [-0.1, -0.05) is 114 Å². The van der Waals surface area contributed by atoms with E-state index in [2.05, 4.69) is 106 Å². The van der Waals surface area contributed by atoms with Crippen molar-refractivity contribution >= 4 is 14.6 Å². The molecule has 0 saturated heterocycles. The molecule has 0 saturated carbocycles. The minimum Gasteiger partial charge on any atom is -0.496 e. The number of hydrogen-bond donors (Lipinski definition) is 0. The van der Waals surface area contributed by atoms with Crippen molar-refractivity contribution in [2.45, 2.75) is 113 Å². The van der Waals surface area contributed by atoms with Crippen LogP contribution in [-0.2, 0) is 101 Å². The lowest BCUT2D eigenvalue weighted by atomic mass is 10.1. The van der Waals surface area contributed by atoms with Crippen molar-refractivity contribution in [3.05, 3.63) is 193 Å². The van der Waals surface area contributed by atoms with Gasteiger partial charge < -0.3 is 42.3 Å². The summed E-state index contributed by atoms with van der Waals surface area (Å²) in [6.07, 6.45) is 0.811. The molecule has 68 heavy (non-hydrogen) atoms. The van der Waals surface area contributed by atoms with Crippen LogP contribution in [0.3, 0.4) is 0 Å². The number of rotatable bonds is 27. The highest BCUT2D eigenvalue weighted by Crippen LogP contribution is 2.31. The second kappa shape index (κ2) is 25.7. The average molecular weight is 941 g/mol. The van der Waals surface area contributed by atoms with E-state index >= 15 is 0 Å². The maximum absolute atomic E-state index is 11.6. The molecule has 0 N–H and O–H groups in total. The third-order valence-corrected chi connectivity index (χ3v) is 12.1. The Balaban J connectivity index is 0.967. The fourth-order valence-electron chi connectivity index (χ4n) is 8.25. The van der Waals surface area contributed by atoms with Crippen molar-refractivity contribution in [2.75, 3.05) is 21.3 Å². The first-order valence-electron chi connectivity index (χ1n) is 23.1. The summed E-state index contributed by atoms with van der Waals surface area (Å²) in [6.45, 7) is 17.4. The van der Waals surface area contributed by atoms with Crippen molar-refractivity contribution in [3.8, 4) is 17.2 Å². The molecule has 0 spiro atoms. The zero-order valence-electron chi connectivity index (χ0n) is 41.3. The Kier molecular flexibility index (Phi) is 19.5. The summed E-state index contributed by atoms with van der Waals surface area (Å²) in [6, 6.07) is 37.1. The molecule has 6 aromatic carbocycles. The zero-order valence-corrected chi connectivity index (χ0v) is 42.3. The van der Waals surface area contributed by atoms with Gasteiger partial charge in [0.25, 0.3) is 0 Å². The fourth-order valence-corrected chi connectivity index (χ4v) is 8.85. The highest BCUT2D eigenvalue weighted by molar-refractivity contribution is 6.69. The van der Waals surface area contributed by atoms with Crippen molar-refractivity contribution in [2.24, 2.45) is 0 Å². The van der Waals surface area contributed by atoms with Crippen molar-refractivity contribution < 1.29 is 47.1 Å². The molecule has 0 atom stereocenters. The molecule has 0 aromatic heterocycles. The molecular weight excluding hydrogens is 873 g/mol. The maximum Gasteiger partial charge on any atom is 0.184 e. The second-order valence-corrected chi connectivity index (χ2v) is 22.7. The molecule has 0 aliphatic carbocycles. The molecular formula is C57H68O10Si. The van der Waals surface area contributed by atoms with Gasteiger partial charge in [0.2, 0.25) is 0 Å². The Morgan fingerprint density at radius 1 is 0.382 bits per heavy atom. The standard InChI is InChI=1S/C57H68O10Si/c1-40-19-49(28-58)55(59-4)50(20-40)35-62-29-43-13-10-14-44(25-43)30-63-36-51-21-41(2)22-52(56(51)60-5)37-64-31-45-15-11-16-46(26-45)32-65-38-53-23-42(3)24-54(57(53)61-6)39-66-33-47-17-12-18-48(27-47)34-67-68(7,8)9/h10-28H,29-39H2,1-9H3. The van der Waals surface area contributed by atoms with Crippen LogP contribution in [0.25, 0.3) is 0 Å². The molecule has 6 rings (SSSR count). The van der Waals surface area contributed by atoms with Crippen molar-refractivity contribution in [3.63, 3.8) is 0 Å². The predicted octanol–water partition coefficient (Wildman–Crippen LogP) is 12.4. The lowest BCUT2D eigenvalue weighted by molar-refractivity contribution is 0.0971. The molecule has 10 nitrogen and oxygen atoms in total. The highest BCUT2D eigenvalue weighted by Gasteiger charge is 2.16. The van der Waals surface area contributed by atoms with Gasteiger partial charge in [0.15, 0.2) is 14.6 Å². The molecule has 0 heterocycles. The zero-order chi connectivity index (χ0) is 48.5. The van der Waals surface area contributed by atoms with E-state index in [4.69, 9.17) is 42.3 Å². The smallest absolute Gasteiger partial charge is 0.184 e. The first-order chi connectivity index (χ1) is 32.8. The molecule has 360 valence electrons. The molecule has 0 bridgehead atoms. The number of aldehydes is 1. The molecule has 0 amide bonds. The van der Waals surface area contributed by atoms with Crippen LogP contribution in [0.4, 0.5) is 0 Å². The quantitative estimate of drug-likeness (QED) is 0.0367. The van der Waals surface area contributed by atoms with Gasteiger partial charge in [0, 0.05) is 27.8 Å². The third-order valence-electron chi connectivity index (χ3n) is 11.1. The van der Waals surface area contributed by atoms with E-state index < -0.39 is 8.32 Å². The monoisotopic (exact) mass is 940 g/mol. The van der Waals surface area contributed by atoms with Crippen LogP contribution in [0.1, 0.15) is 88.2 Å². The van der Waals surface area contributed by atoms with Crippen molar-refractivity contribution in [1.29, 1.82) is 0 Å². The van der Waals surface area contributed by atoms with E-state index in [1.807, 2.05) is 43.3 Å². The van der Waals surface area contributed by atoms with E-state index in [-0.39, 0.29) is 0 Å². The normalized spacial score (nSPS) is 11.5. The molecule has 0 aliphatic rings. The fraction of sp³-hybridized carbons (Fsp3) is 0.351. The Morgan fingerprint density at radius 3 is 0.941 bits per heavy atom. The van der Waals surface area contributed by atoms with Crippen LogP contribution in [0.2, 0.25) is 19.6 Å². The molecule has 6 aromatic rings. The van der Waals surface area contributed by atoms with E-state index in [1.54, 1.807) is 21.3 Å². The summed E-state index contributed by atoms with van der Waals surface area (Å²) < 4.78 is 54.5.